The van der Waals surface area contributed by atoms with Crippen molar-refractivity contribution in [1.82, 2.24) is 0 Å². The third-order valence-electron chi connectivity index (χ3n) is 3.05. The van der Waals surface area contributed by atoms with Gasteiger partial charge in [0, 0.05) is 6.42 Å². The van der Waals surface area contributed by atoms with Gasteiger partial charge in [-0.3, -0.25) is 0 Å². The van der Waals surface area contributed by atoms with Crippen LogP contribution in [0.5, 0.6) is 0 Å². The molecule has 16 heavy (non-hydrogen) atoms. The molecule has 2 atom stereocenters. The maximum Gasteiger partial charge on any atom is 0.0624 e. The topological polar surface area (TPSA) is 23.8 Å². The van der Waals surface area contributed by atoms with E-state index in [2.05, 4.69) is 39.8 Å². The number of nitrogens with zero attached hydrogens (tertiary/aromatic N) is 1. The zero-order valence-electron chi connectivity index (χ0n) is 11.4. The van der Waals surface area contributed by atoms with Crippen molar-refractivity contribution in [3.05, 3.63) is 11.6 Å². The first-order valence-electron chi connectivity index (χ1n) is 6.56. The molecule has 1 nitrogen and oxygen atoms in total. The van der Waals surface area contributed by atoms with Crippen LogP contribution in [0.1, 0.15) is 66.2 Å². The van der Waals surface area contributed by atoms with Gasteiger partial charge in [0.2, 0.25) is 0 Å². The van der Waals surface area contributed by atoms with Crippen molar-refractivity contribution >= 4 is 0 Å². The summed E-state index contributed by atoms with van der Waals surface area (Å²) in [6, 6.07) is 2.24. The molecular formula is C15H27N. The molecule has 0 amide bonds. The summed E-state index contributed by atoms with van der Waals surface area (Å²) in [4.78, 5) is 0. The van der Waals surface area contributed by atoms with E-state index in [0.717, 1.165) is 5.92 Å². The van der Waals surface area contributed by atoms with E-state index in [4.69, 9.17) is 5.26 Å². The predicted molar refractivity (Wildman–Crippen MR) is 71.1 cm³/mol. The van der Waals surface area contributed by atoms with Crippen molar-refractivity contribution in [2.45, 2.75) is 66.2 Å². The van der Waals surface area contributed by atoms with E-state index in [9.17, 15) is 0 Å². The molecule has 0 fully saturated rings. The van der Waals surface area contributed by atoms with Crippen LogP contribution in [0.2, 0.25) is 0 Å². The van der Waals surface area contributed by atoms with E-state index in [-0.39, 0.29) is 0 Å². The minimum absolute atomic E-state index is 0.579. The average molecular weight is 221 g/mol. The molecule has 0 bridgehead atoms. The third-order valence-corrected chi connectivity index (χ3v) is 3.05. The van der Waals surface area contributed by atoms with Gasteiger partial charge in [-0.25, -0.2) is 0 Å². The SMILES string of the molecule is CC(C)=CCC[C@@H](C)CCC[C@@H](C)CC#N. The number of hydrogen-bond donors (Lipinski definition) is 0. The molecule has 0 saturated carbocycles. The maximum atomic E-state index is 8.56. The average Bonchev–Trinajstić information content (AvgIpc) is 2.17. The van der Waals surface area contributed by atoms with E-state index in [1.54, 1.807) is 0 Å². The van der Waals surface area contributed by atoms with E-state index in [1.165, 1.54) is 37.7 Å². The zero-order chi connectivity index (χ0) is 12.4. The molecule has 0 N–H and O–H groups in total. The molecule has 0 saturated heterocycles. The minimum atomic E-state index is 0.579. The number of allylic oxidation sites excluding steroid dienone is 2. The Hall–Kier alpha value is -0.770. The molecule has 0 aliphatic carbocycles. The normalized spacial score (nSPS) is 13.9. The summed E-state index contributed by atoms with van der Waals surface area (Å²) in [6.07, 6.45) is 9.36. The molecule has 0 aliphatic heterocycles. The fourth-order valence-electron chi connectivity index (χ4n) is 1.87. The summed E-state index contributed by atoms with van der Waals surface area (Å²) in [5, 5.41) is 8.56. The van der Waals surface area contributed by atoms with Crippen LogP contribution >= 0.6 is 0 Å². The van der Waals surface area contributed by atoms with Crippen LogP contribution in [0.15, 0.2) is 11.6 Å². The number of rotatable bonds is 8. The summed E-state index contributed by atoms with van der Waals surface area (Å²) in [7, 11) is 0. The van der Waals surface area contributed by atoms with Crippen molar-refractivity contribution < 1.29 is 0 Å². The minimum Gasteiger partial charge on any atom is -0.198 e. The maximum absolute atomic E-state index is 8.56. The van der Waals surface area contributed by atoms with Gasteiger partial charge in [0.05, 0.1) is 6.07 Å². The fourth-order valence-corrected chi connectivity index (χ4v) is 1.87. The van der Waals surface area contributed by atoms with Crippen molar-refractivity contribution in [2.24, 2.45) is 11.8 Å². The number of hydrogen-bond acceptors (Lipinski definition) is 1. The molecule has 1 heteroatoms. The van der Waals surface area contributed by atoms with Crippen molar-refractivity contribution in [1.29, 1.82) is 5.26 Å². The van der Waals surface area contributed by atoms with Crippen molar-refractivity contribution in [3.63, 3.8) is 0 Å². The smallest absolute Gasteiger partial charge is 0.0624 e. The predicted octanol–water partition coefficient (Wildman–Crippen LogP) is 5.09. The first-order chi connectivity index (χ1) is 7.56. The lowest BCUT2D eigenvalue weighted by Gasteiger charge is -2.11. The van der Waals surface area contributed by atoms with Gasteiger partial charge in [-0.05, 0) is 44.9 Å². The van der Waals surface area contributed by atoms with Gasteiger partial charge >= 0.3 is 0 Å². The molecule has 92 valence electrons. The van der Waals surface area contributed by atoms with Gasteiger partial charge in [-0.1, -0.05) is 38.3 Å². The van der Waals surface area contributed by atoms with Gasteiger partial charge in [0.1, 0.15) is 0 Å². The monoisotopic (exact) mass is 221 g/mol. The van der Waals surface area contributed by atoms with Crippen LogP contribution in [0, 0.1) is 23.2 Å². The Kier molecular flexibility index (Phi) is 9.00. The summed E-state index contributed by atoms with van der Waals surface area (Å²) >= 11 is 0. The highest BCUT2D eigenvalue weighted by atomic mass is 14.2. The van der Waals surface area contributed by atoms with E-state index < -0.39 is 0 Å². The Labute approximate surface area is 102 Å². The molecule has 0 heterocycles. The highest BCUT2D eigenvalue weighted by Gasteiger charge is 2.04. The van der Waals surface area contributed by atoms with E-state index in [0.29, 0.717) is 12.3 Å². The van der Waals surface area contributed by atoms with Gasteiger partial charge in [0.15, 0.2) is 0 Å². The Morgan fingerprint density at radius 2 is 1.75 bits per heavy atom. The van der Waals surface area contributed by atoms with Gasteiger partial charge in [0.25, 0.3) is 0 Å². The van der Waals surface area contributed by atoms with E-state index in [1.807, 2.05) is 0 Å². The Morgan fingerprint density at radius 3 is 2.31 bits per heavy atom. The fraction of sp³-hybridized carbons (Fsp3) is 0.800. The summed E-state index contributed by atoms with van der Waals surface area (Å²) in [6.45, 7) is 8.84. The lowest BCUT2D eigenvalue weighted by atomic mass is 9.94. The molecule has 0 rings (SSSR count). The van der Waals surface area contributed by atoms with Crippen LogP contribution in [0.25, 0.3) is 0 Å². The van der Waals surface area contributed by atoms with Gasteiger partial charge < -0.3 is 0 Å². The van der Waals surface area contributed by atoms with E-state index >= 15 is 0 Å². The Bertz CT molecular complexity index is 230. The summed E-state index contributed by atoms with van der Waals surface area (Å²) < 4.78 is 0. The first kappa shape index (κ1) is 15.2. The van der Waals surface area contributed by atoms with Crippen LogP contribution in [0.3, 0.4) is 0 Å². The first-order valence-corrected chi connectivity index (χ1v) is 6.56. The lowest BCUT2D eigenvalue weighted by molar-refractivity contribution is 0.429. The Balaban J connectivity index is 3.47. The van der Waals surface area contributed by atoms with Crippen LogP contribution < -0.4 is 0 Å². The standard InChI is InChI=1S/C15H27N/c1-13(2)7-5-8-14(3)9-6-10-15(4)11-12-16/h7,14-15H,5-6,8-11H2,1-4H3/t14-,15-/m1/s1. The van der Waals surface area contributed by atoms with Gasteiger partial charge in [-0.15, -0.1) is 0 Å². The highest BCUT2D eigenvalue weighted by Crippen LogP contribution is 2.18. The second-order valence-electron chi connectivity index (χ2n) is 5.36. The third kappa shape index (κ3) is 9.77. The lowest BCUT2D eigenvalue weighted by Crippen LogP contribution is -1.98. The second-order valence-corrected chi connectivity index (χ2v) is 5.36. The molecule has 0 unspecified atom stereocenters. The summed E-state index contributed by atoms with van der Waals surface area (Å²) in [5.74, 6) is 1.40. The molecule has 0 aliphatic rings. The van der Waals surface area contributed by atoms with Gasteiger partial charge in [-0.2, -0.15) is 5.26 Å². The molecule has 0 aromatic carbocycles. The summed E-state index contributed by atoms with van der Waals surface area (Å²) in [5.41, 5.74) is 1.43. The highest BCUT2D eigenvalue weighted by molar-refractivity contribution is 4.92. The molecule has 0 aromatic heterocycles. The van der Waals surface area contributed by atoms with Crippen molar-refractivity contribution in [2.75, 3.05) is 0 Å². The zero-order valence-corrected chi connectivity index (χ0v) is 11.4. The van der Waals surface area contributed by atoms with Crippen LogP contribution in [-0.4, -0.2) is 0 Å². The van der Waals surface area contributed by atoms with Crippen LogP contribution in [0.4, 0.5) is 0 Å². The second kappa shape index (κ2) is 9.46. The van der Waals surface area contributed by atoms with Crippen LogP contribution in [-0.2, 0) is 0 Å². The molecular weight excluding hydrogens is 194 g/mol. The molecule has 0 radical (unpaired) electrons. The quantitative estimate of drug-likeness (QED) is 0.524. The number of nitriles is 1. The van der Waals surface area contributed by atoms with Crippen molar-refractivity contribution in [3.8, 4) is 6.07 Å². The Morgan fingerprint density at radius 1 is 1.12 bits per heavy atom. The molecule has 0 spiro atoms. The largest absolute Gasteiger partial charge is 0.198 e. The molecule has 0 aromatic rings.